The molecule has 0 aliphatic rings. The third kappa shape index (κ3) is 3.56. The molecular formula is C14H14N4O2. The second kappa shape index (κ2) is 5.85. The van der Waals surface area contributed by atoms with Crippen LogP contribution < -0.4 is 5.32 Å². The lowest BCUT2D eigenvalue weighted by Crippen LogP contribution is -2.11. The lowest BCUT2D eigenvalue weighted by molar-refractivity contribution is -0.384. The molecule has 0 saturated heterocycles. The molecule has 0 atom stereocenters. The van der Waals surface area contributed by atoms with Crippen molar-refractivity contribution in [2.24, 2.45) is 0 Å². The highest BCUT2D eigenvalue weighted by Gasteiger charge is 2.20. The Labute approximate surface area is 117 Å². The molecule has 0 heterocycles. The van der Waals surface area contributed by atoms with Gasteiger partial charge in [-0.25, -0.2) is 0 Å². The third-order valence-corrected chi connectivity index (χ3v) is 2.67. The van der Waals surface area contributed by atoms with Crippen LogP contribution in [0.4, 0.5) is 11.4 Å². The molecule has 1 N–H and O–H groups in total. The third-order valence-electron chi connectivity index (χ3n) is 2.67. The molecule has 0 aromatic heterocycles. The number of hydrogen-bond acceptors (Lipinski definition) is 5. The minimum Gasteiger partial charge on any atom is -0.354 e. The Kier molecular flexibility index (Phi) is 4.45. The van der Waals surface area contributed by atoms with Crippen LogP contribution in [0, 0.1) is 32.8 Å². The summed E-state index contributed by atoms with van der Waals surface area (Å²) in [5.74, 6) is 0. The van der Waals surface area contributed by atoms with Crippen LogP contribution in [0.15, 0.2) is 30.0 Å². The van der Waals surface area contributed by atoms with Gasteiger partial charge in [0.1, 0.15) is 23.4 Å². The van der Waals surface area contributed by atoms with Crippen molar-refractivity contribution in [3.63, 3.8) is 0 Å². The molecule has 0 unspecified atom stereocenters. The molecule has 0 fully saturated rings. The van der Waals surface area contributed by atoms with Crippen molar-refractivity contribution in [1.82, 2.24) is 0 Å². The van der Waals surface area contributed by atoms with Gasteiger partial charge in [0.15, 0.2) is 0 Å². The van der Waals surface area contributed by atoms with Crippen LogP contribution in [0.2, 0.25) is 0 Å². The number of nitriles is 2. The number of nitro benzene ring substituents is 1. The fourth-order valence-electron chi connectivity index (χ4n) is 1.51. The molecule has 0 aliphatic carbocycles. The molecule has 0 aliphatic heterocycles. The Morgan fingerprint density at radius 1 is 1.35 bits per heavy atom. The number of nitrogens with one attached hydrogen (secondary N) is 1. The Bertz CT molecular complexity index is 627. The minimum atomic E-state index is -0.496. The highest BCUT2D eigenvalue weighted by Crippen LogP contribution is 2.31. The first-order valence-corrected chi connectivity index (χ1v) is 5.85. The number of nitrogens with zero attached hydrogens (tertiary/aromatic N) is 3. The van der Waals surface area contributed by atoms with E-state index in [0.717, 1.165) is 11.8 Å². The largest absolute Gasteiger partial charge is 0.354 e. The van der Waals surface area contributed by atoms with Crippen LogP contribution in [-0.2, 0) is 5.41 Å². The maximum Gasteiger partial charge on any atom is 0.292 e. The number of nitro groups is 1. The standard InChI is InChI=1S/C14H14N4O2/c1-14(2,3)11-4-5-12(13(6-11)18(19)20)17-9-10(7-15)8-16/h4-6,9,17H,1-3H3. The molecule has 0 spiro atoms. The van der Waals surface area contributed by atoms with Crippen molar-refractivity contribution in [3.8, 4) is 12.1 Å². The molecule has 6 nitrogen and oxygen atoms in total. The normalized spacial score (nSPS) is 10.1. The minimum absolute atomic E-state index is 0.0936. The van der Waals surface area contributed by atoms with E-state index in [4.69, 9.17) is 10.5 Å². The summed E-state index contributed by atoms with van der Waals surface area (Å²) in [6, 6.07) is 8.19. The van der Waals surface area contributed by atoms with Crippen molar-refractivity contribution < 1.29 is 4.92 Å². The van der Waals surface area contributed by atoms with E-state index in [1.54, 1.807) is 24.3 Å². The molecule has 0 bridgehead atoms. The van der Waals surface area contributed by atoms with Gasteiger partial charge in [0, 0.05) is 12.3 Å². The summed E-state index contributed by atoms with van der Waals surface area (Å²) < 4.78 is 0. The second-order valence-corrected chi connectivity index (χ2v) is 5.16. The summed E-state index contributed by atoms with van der Waals surface area (Å²) in [6.45, 7) is 5.88. The summed E-state index contributed by atoms with van der Waals surface area (Å²) in [6.07, 6.45) is 1.15. The molecule has 0 saturated carbocycles. The first-order valence-electron chi connectivity index (χ1n) is 5.85. The topological polar surface area (TPSA) is 103 Å². The smallest absolute Gasteiger partial charge is 0.292 e. The number of hydrogen-bond donors (Lipinski definition) is 1. The van der Waals surface area contributed by atoms with Crippen LogP contribution in [-0.4, -0.2) is 4.92 Å². The van der Waals surface area contributed by atoms with Crippen molar-refractivity contribution >= 4 is 11.4 Å². The molecular weight excluding hydrogens is 256 g/mol. The lowest BCUT2D eigenvalue weighted by Gasteiger charge is -2.19. The van der Waals surface area contributed by atoms with Gasteiger partial charge in [-0.2, -0.15) is 10.5 Å². The van der Waals surface area contributed by atoms with Crippen LogP contribution >= 0.6 is 0 Å². The summed E-state index contributed by atoms with van der Waals surface area (Å²) in [7, 11) is 0. The molecule has 0 radical (unpaired) electrons. The fourth-order valence-corrected chi connectivity index (χ4v) is 1.51. The van der Waals surface area contributed by atoms with Crippen LogP contribution in [0.5, 0.6) is 0 Å². The van der Waals surface area contributed by atoms with Gasteiger partial charge in [-0.3, -0.25) is 10.1 Å². The molecule has 1 rings (SSSR count). The van der Waals surface area contributed by atoms with Crippen molar-refractivity contribution in [1.29, 1.82) is 10.5 Å². The monoisotopic (exact) mass is 270 g/mol. The predicted octanol–water partition coefficient (Wildman–Crippen LogP) is 3.24. The first-order chi connectivity index (χ1) is 9.29. The number of rotatable bonds is 3. The van der Waals surface area contributed by atoms with E-state index in [-0.39, 0.29) is 22.4 Å². The average molecular weight is 270 g/mol. The Balaban J connectivity index is 3.23. The van der Waals surface area contributed by atoms with Gasteiger partial charge in [0.25, 0.3) is 5.69 Å². The number of anilines is 1. The molecule has 0 amide bonds. The first kappa shape index (κ1) is 15.2. The van der Waals surface area contributed by atoms with Gasteiger partial charge in [0.05, 0.1) is 4.92 Å². The van der Waals surface area contributed by atoms with Crippen LogP contribution in [0.25, 0.3) is 0 Å². The Morgan fingerprint density at radius 2 is 1.95 bits per heavy atom. The van der Waals surface area contributed by atoms with E-state index in [2.05, 4.69) is 5.32 Å². The van der Waals surface area contributed by atoms with E-state index in [9.17, 15) is 10.1 Å². The number of allylic oxidation sites excluding steroid dienone is 1. The van der Waals surface area contributed by atoms with E-state index in [1.807, 2.05) is 20.8 Å². The Morgan fingerprint density at radius 3 is 2.40 bits per heavy atom. The van der Waals surface area contributed by atoms with Gasteiger partial charge < -0.3 is 5.32 Å². The zero-order valence-corrected chi connectivity index (χ0v) is 11.5. The summed E-state index contributed by atoms with van der Waals surface area (Å²) in [5, 5.41) is 31.0. The van der Waals surface area contributed by atoms with Crippen LogP contribution in [0.1, 0.15) is 26.3 Å². The van der Waals surface area contributed by atoms with Gasteiger partial charge >= 0.3 is 0 Å². The molecule has 1 aromatic carbocycles. The summed E-state index contributed by atoms with van der Waals surface area (Å²) in [5.41, 5.74) is 0.623. The zero-order valence-electron chi connectivity index (χ0n) is 11.5. The van der Waals surface area contributed by atoms with Gasteiger partial charge in [-0.1, -0.05) is 26.8 Å². The molecule has 102 valence electrons. The average Bonchev–Trinajstić information content (AvgIpc) is 2.38. The lowest BCUT2D eigenvalue weighted by atomic mass is 9.86. The van der Waals surface area contributed by atoms with Gasteiger partial charge in [-0.05, 0) is 17.0 Å². The SMILES string of the molecule is CC(C)(C)c1ccc(NC=C(C#N)C#N)c([N+](=O)[O-])c1. The number of benzene rings is 1. The maximum atomic E-state index is 11.1. The van der Waals surface area contributed by atoms with Crippen molar-refractivity contribution in [3.05, 3.63) is 45.6 Å². The molecule has 1 aromatic rings. The van der Waals surface area contributed by atoms with E-state index in [0.29, 0.717) is 0 Å². The quantitative estimate of drug-likeness (QED) is 0.516. The Hall–Kier alpha value is -2.86. The van der Waals surface area contributed by atoms with Crippen LogP contribution in [0.3, 0.4) is 0 Å². The van der Waals surface area contributed by atoms with Crippen molar-refractivity contribution in [2.75, 3.05) is 5.32 Å². The van der Waals surface area contributed by atoms with E-state index in [1.165, 1.54) is 6.07 Å². The van der Waals surface area contributed by atoms with E-state index >= 15 is 0 Å². The molecule has 6 heteroatoms. The molecule has 20 heavy (non-hydrogen) atoms. The summed E-state index contributed by atoms with van der Waals surface area (Å²) >= 11 is 0. The summed E-state index contributed by atoms with van der Waals surface area (Å²) in [4.78, 5) is 10.6. The highest BCUT2D eigenvalue weighted by molar-refractivity contribution is 5.65. The highest BCUT2D eigenvalue weighted by atomic mass is 16.6. The zero-order chi connectivity index (χ0) is 15.3. The van der Waals surface area contributed by atoms with E-state index < -0.39 is 4.92 Å². The van der Waals surface area contributed by atoms with Gasteiger partial charge in [0.2, 0.25) is 0 Å². The fraction of sp³-hybridized carbons (Fsp3) is 0.286. The van der Waals surface area contributed by atoms with Crippen molar-refractivity contribution in [2.45, 2.75) is 26.2 Å². The van der Waals surface area contributed by atoms with Gasteiger partial charge in [-0.15, -0.1) is 0 Å². The maximum absolute atomic E-state index is 11.1. The predicted molar refractivity (Wildman–Crippen MR) is 74.7 cm³/mol. The second-order valence-electron chi connectivity index (χ2n) is 5.16.